The first kappa shape index (κ1) is 19.2. The first-order valence-electron chi connectivity index (χ1n) is 9.76. The molecule has 0 saturated carbocycles. The summed E-state index contributed by atoms with van der Waals surface area (Å²) >= 11 is 1.53. The van der Waals surface area contributed by atoms with E-state index in [1.165, 1.54) is 35.0 Å². The molecule has 2 atom stereocenters. The van der Waals surface area contributed by atoms with Gasteiger partial charge in [-0.3, -0.25) is 0 Å². The lowest BCUT2D eigenvalue weighted by Crippen LogP contribution is -2.40. The highest BCUT2D eigenvalue weighted by Crippen LogP contribution is 2.55. The van der Waals surface area contributed by atoms with E-state index in [2.05, 4.69) is 38.6 Å². The van der Waals surface area contributed by atoms with E-state index in [9.17, 15) is 8.78 Å². The molecule has 0 amide bonds. The Morgan fingerprint density at radius 2 is 2.07 bits per heavy atom. The smallest absolute Gasteiger partial charge is 0.139 e. The largest absolute Gasteiger partial charge is 0.248 e. The molecule has 1 spiro atoms. The Hall–Kier alpha value is -2.14. The van der Waals surface area contributed by atoms with Crippen LogP contribution < -0.4 is 0 Å². The third kappa shape index (κ3) is 3.06. The van der Waals surface area contributed by atoms with Crippen molar-refractivity contribution in [1.82, 2.24) is 5.01 Å². The molecule has 1 aliphatic heterocycles. The fourth-order valence-electron chi connectivity index (χ4n) is 4.00. The molecule has 5 heteroatoms. The van der Waals surface area contributed by atoms with Crippen LogP contribution in [0.4, 0.5) is 8.78 Å². The molecule has 0 saturated heterocycles. The van der Waals surface area contributed by atoms with Gasteiger partial charge in [0.25, 0.3) is 0 Å². The zero-order valence-corrected chi connectivity index (χ0v) is 17.0. The minimum Gasteiger partial charge on any atom is -0.248 e. The molecule has 0 fully saturated rings. The molecule has 2 unspecified atom stereocenters. The van der Waals surface area contributed by atoms with Crippen molar-refractivity contribution in [2.45, 2.75) is 44.4 Å². The van der Waals surface area contributed by atoms with Crippen molar-refractivity contribution in [1.29, 1.82) is 0 Å². The van der Waals surface area contributed by atoms with E-state index in [4.69, 9.17) is 5.10 Å². The Bertz CT molecular complexity index is 955. The van der Waals surface area contributed by atoms with Gasteiger partial charge in [-0.1, -0.05) is 56.5 Å². The lowest BCUT2D eigenvalue weighted by atomic mass is 9.86. The van der Waals surface area contributed by atoms with Crippen LogP contribution in [0.2, 0.25) is 0 Å². The van der Waals surface area contributed by atoms with Crippen molar-refractivity contribution in [3.05, 3.63) is 83.1 Å². The summed E-state index contributed by atoms with van der Waals surface area (Å²) in [7, 11) is 0. The average Bonchev–Trinajstić information content (AvgIpc) is 3.08. The van der Waals surface area contributed by atoms with Crippen LogP contribution >= 0.6 is 11.8 Å². The molecule has 2 aromatic rings. The molecule has 1 heterocycles. The minimum absolute atomic E-state index is 0.215. The van der Waals surface area contributed by atoms with Gasteiger partial charge in [-0.2, -0.15) is 5.10 Å². The van der Waals surface area contributed by atoms with Gasteiger partial charge in [-0.25, -0.2) is 13.8 Å². The number of aryl methyl sites for hydroxylation is 1. The molecule has 2 nitrogen and oxygen atoms in total. The summed E-state index contributed by atoms with van der Waals surface area (Å²) in [4.78, 5) is -0.455. The number of benzene rings is 2. The highest BCUT2D eigenvalue weighted by molar-refractivity contribution is 8.15. The van der Waals surface area contributed by atoms with Crippen LogP contribution in [0.1, 0.15) is 49.8 Å². The fourth-order valence-corrected chi connectivity index (χ4v) is 5.51. The van der Waals surface area contributed by atoms with Crippen LogP contribution in [0.5, 0.6) is 0 Å². The molecule has 0 radical (unpaired) electrons. The number of hydrazone groups is 1. The molecule has 2 aliphatic rings. The number of hydrogen-bond donors (Lipinski definition) is 0. The first-order valence-corrected chi connectivity index (χ1v) is 10.6. The molecule has 0 bridgehead atoms. The maximum absolute atomic E-state index is 14.5. The summed E-state index contributed by atoms with van der Waals surface area (Å²) in [6.45, 7) is 8.59. The van der Waals surface area contributed by atoms with Gasteiger partial charge in [0.1, 0.15) is 21.5 Å². The van der Waals surface area contributed by atoms with Crippen LogP contribution in [0.15, 0.2) is 59.8 Å². The van der Waals surface area contributed by atoms with Crippen LogP contribution in [0.3, 0.4) is 0 Å². The van der Waals surface area contributed by atoms with Crippen molar-refractivity contribution in [2.75, 3.05) is 0 Å². The quantitative estimate of drug-likeness (QED) is 0.590. The van der Waals surface area contributed by atoms with E-state index in [-0.39, 0.29) is 11.5 Å². The second kappa shape index (κ2) is 7.36. The molecular formula is C23H24F2N2S. The van der Waals surface area contributed by atoms with Gasteiger partial charge in [0, 0.05) is 11.3 Å². The summed E-state index contributed by atoms with van der Waals surface area (Å²) in [5.41, 5.74) is 3.62. The third-order valence-electron chi connectivity index (χ3n) is 5.81. The molecular weight excluding hydrogens is 374 g/mol. The minimum atomic E-state index is -0.461. The van der Waals surface area contributed by atoms with E-state index < -0.39 is 16.5 Å². The van der Waals surface area contributed by atoms with E-state index in [1.54, 1.807) is 0 Å². The van der Waals surface area contributed by atoms with E-state index in [0.717, 1.165) is 37.4 Å². The van der Waals surface area contributed by atoms with Crippen molar-refractivity contribution in [3.8, 4) is 0 Å². The topological polar surface area (TPSA) is 15.6 Å². The van der Waals surface area contributed by atoms with Crippen LogP contribution in [0.25, 0.3) is 0 Å². The van der Waals surface area contributed by atoms with Gasteiger partial charge in [-0.05, 0) is 60.9 Å². The third-order valence-corrected chi connectivity index (χ3v) is 7.24. The Labute approximate surface area is 169 Å². The summed E-state index contributed by atoms with van der Waals surface area (Å²) in [5, 5.41) is 7.31. The van der Waals surface area contributed by atoms with Crippen LogP contribution in [-0.4, -0.2) is 10.1 Å². The Balaban J connectivity index is 1.86. The van der Waals surface area contributed by atoms with Gasteiger partial charge in [0.2, 0.25) is 0 Å². The summed E-state index contributed by atoms with van der Waals surface area (Å²) in [6, 6.07) is 11.9. The van der Waals surface area contributed by atoms with Gasteiger partial charge in [0.05, 0.1) is 0 Å². The summed E-state index contributed by atoms with van der Waals surface area (Å²) in [5.74, 6) is -0.674. The number of nitrogens with zero attached hydrogens (tertiary/aromatic N) is 2. The number of fused-ring (bicyclic) bond motifs is 2. The van der Waals surface area contributed by atoms with Crippen molar-refractivity contribution >= 4 is 16.8 Å². The first-order chi connectivity index (χ1) is 13.5. The maximum atomic E-state index is 14.5. The fraction of sp³-hybridized carbons (Fsp3) is 0.348. The van der Waals surface area contributed by atoms with Gasteiger partial charge < -0.3 is 0 Å². The highest BCUT2D eigenvalue weighted by atomic mass is 32.2. The predicted octanol–water partition coefficient (Wildman–Crippen LogP) is 6.42. The summed E-state index contributed by atoms with van der Waals surface area (Å²) in [6.07, 6.45) is 3.86. The zero-order chi connectivity index (χ0) is 19.9. The van der Waals surface area contributed by atoms with E-state index >= 15 is 0 Å². The predicted molar refractivity (Wildman–Crippen MR) is 112 cm³/mol. The maximum Gasteiger partial charge on any atom is 0.139 e. The van der Waals surface area contributed by atoms with Gasteiger partial charge in [0.15, 0.2) is 0 Å². The standard InChI is InChI=1S/C23H24F2N2S/c1-4-15(2)16(3)27-23(13-7-9-17-8-5-6-10-20(17)23)28-22(26-27)19-14-18(24)11-12-21(19)25/h5-6,8,10-12,14-15H,3-4,7,9,13H2,1-2H3. The molecule has 0 aromatic heterocycles. The van der Waals surface area contributed by atoms with Gasteiger partial charge >= 0.3 is 0 Å². The normalized spacial score (nSPS) is 22.1. The number of hydrogen-bond acceptors (Lipinski definition) is 3. The molecule has 0 N–H and O–H groups in total. The lowest BCUT2D eigenvalue weighted by Gasteiger charge is -2.43. The Kier molecular flexibility index (Phi) is 5.04. The molecule has 146 valence electrons. The highest BCUT2D eigenvalue weighted by Gasteiger charge is 2.49. The SMILES string of the molecule is C=C(C(C)CC)N1N=C(c2cc(F)ccc2F)SC12CCCc1ccccc12. The summed E-state index contributed by atoms with van der Waals surface area (Å²) < 4.78 is 28.4. The molecule has 4 rings (SSSR count). The Morgan fingerprint density at radius 3 is 2.86 bits per heavy atom. The molecule has 28 heavy (non-hydrogen) atoms. The zero-order valence-electron chi connectivity index (χ0n) is 16.2. The van der Waals surface area contributed by atoms with E-state index in [0.29, 0.717) is 5.04 Å². The monoisotopic (exact) mass is 398 g/mol. The van der Waals surface area contributed by atoms with Gasteiger partial charge in [-0.15, -0.1) is 0 Å². The van der Waals surface area contributed by atoms with Crippen LogP contribution in [0, 0.1) is 17.6 Å². The number of halogens is 2. The number of thioether (sulfide) groups is 1. The molecule has 1 aliphatic carbocycles. The lowest BCUT2D eigenvalue weighted by molar-refractivity contribution is 0.192. The second-order valence-electron chi connectivity index (χ2n) is 7.54. The van der Waals surface area contributed by atoms with Crippen molar-refractivity contribution in [3.63, 3.8) is 0 Å². The average molecular weight is 399 g/mol. The second-order valence-corrected chi connectivity index (χ2v) is 8.81. The molecule has 2 aromatic carbocycles. The van der Waals surface area contributed by atoms with E-state index in [1.807, 2.05) is 11.1 Å². The van der Waals surface area contributed by atoms with Crippen LogP contribution in [-0.2, 0) is 11.3 Å². The number of rotatable bonds is 4. The number of allylic oxidation sites excluding steroid dienone is 1. The van der Waals surface area contributed by atoms with Crippen molar-refractivity contribution < 1.29 is 8.78 Å². The Morgan fingerprint density at radius 1 is 1.29 bits per heavy atom. The van der Waals surface area contributed by atoms with Crippen molar-refractivity contribution in [2.24, 2.45) is 11.0 Å².